The van der Waals surface area contributed by atoms with Crippen molar-refractivity contribution in [2.75, 3.05) is 19.8 Å². The topological polar surface area (TPSA) is 34.1 Å². The molecular weight excluding hydrogens is 212 g/mol. The largest absolute Gasteiger partial charge is 0.381 e. The average Bonchev–Trinajstić information content (AvgIpc) is 3.14. The van der Waals surface area contributed by atoms with Crippen LogP contribution in [0.3, 0.4) is 0 Å². The van der Waals surface area contributed by atoms with Gasteiger partial charge in [0.2, 0.25) is 0 Å². The van der Waals surface area contributed by atoms with Crippen LogP contribution in [-0.2, 0) is 11.3 Å². The summed E-state index contributed by atoms with van der Waals surface area (Å²) in [6.45, 7) is 5.78. The molecule has 1 N–H and O–H groups in total. The molecule has 3 heteroatoms. The van der Waals surface area contributed by atoms with Crippen molar-refractivity contribution in [1.82, 2.24) is 10.3 Å². The molecule has 0 aromatic carbocycles. The minimum atomic E-state index is 0.876. The molecule has 0 atom stereocenters. The van der Waals surface area contributed by atoms with E-state index in [1.165, 1.54) is 18.4 Å². The Kier molecular flexibility index (Phi) is 4.95. The second-order valence-corrected chi connectivity index (χ2v) is 4.86. The summed E-state index contributed by atoms with van der Waals surface area (Å²) >= 11 is 0. The zero-order valence-corrected chi connectivity index (χ0v) is 10.6. The van der Waals surface area contributed by atoms with Gasteiger partial charge >= 0.3 is 0 Å². The lowest BCUT2D eigenvalue weighted by Gasteiger charge is -2.05. The lowest BCUT2D eigenvalue weighted by atomic mass is 10.2. The summed E-state index contributed by atoms with van der Waals surface area (Å²) in [6, 6.07) is 4.18. The molecule has 0 unspecified atom stereocenters. The lowest BCUT2D eigenvalue weighted by Crippen LogP contribution is -2.16. The maximum Gasteiger partial charge on any atom is 0.0494 e. The molecule has 0 radical (unpaired) electrons. The highest BCUT2D eigenvalue weighted by atomic mass is 16.5. The van der Waals surface area contributed by atoms with E-state index in [1.54, 1.807) is 0 Å². The van der Waals surface area contributed by atoms with E-state index >= 15 is 0 Å². The number of aromatic nitrogens is 1. The van der Waals surface area contributed by atoms with Crippen LogP contribution < -0.4 is 5.32 Å². The first kappa shape index (κ1) is 12.5. The highest BCUT2D eigenvalue weighted by molar-refractivity contribution is 5.12. The van der Waals surface area contributed by atoms with Crippen molar-refractivity contribution >= 4 is 0 Å². The number of ether oxygens (including phenoxy) is 1. The summed E-state index contributed by atoms with van der Waals surface area (Å²) in [7, 11) is 0. The summed E-state index contributed by atoms with van der Waals surface area (Å²) < 4.78 is 5.57. The summed E-state index contributed by atoms with van der Waals surface area (Å²) in [6.07, 6.45) is 5.77. The number of hydrogen-bond donors (Lipinski definition) is 1. The van der Waals surface area contributed by atoms with Gasteiger partial charge < -0.3 is 10.1 Å². The molecular formula is C14H22N2O. The van der Waals surface area contributed by atoms with Gasteiger partial charge in [-0.05, 0) is 50.3 Å². The maximum absolute atomic E-state index is 5.57. The first-order valence-corrected chi connectivity index (χ1v) is 6.54. The molecule has 17 heavy (non-hydrogen) atoms. The van der Waals surface area contributed by atoms with E-state index in [2.05, 4.69) is 22.4 Å². The van der Waals surface area contributed by atoms with Gasteiger partial charge in [-0.3, -0.25) is 4.98 Å². The van der Waals surface area contributed by atoms with E-state index in [-0.39, 0.29) is 0 Å². The third-order valence-electron chi connectivity index (χ3n) is 2.99. The van der Waals surface area contributed by atoms with Crippen LogP contribution >= 0.6 is 0 Å². The molecule has 2 rings (SSSR count). The van der Waals surface area contributed by atoms with Crippen LogP contribution in [0.5, 0.6) is 0 Å². The van der Waals surface area contributed by atoms with Crippen LogP contribution in [0.4, 0.5) is 0 Å². The fourth-order valence-electron chi connectivity index (χ4n) is 1.67. The van der Waals surface area contributed by atoms with Crippen LogP contribution in [0.25, 0.3) is 0 Å². The van der Waals surface area contributed by atoms with E-state index in [0.29, 0.717) is 0 Å². The molecule has 1 aliphatic carbocycles. The molecule has 1 aliphatic rings. The van der Waals surface area contributed by atoms with Gasteiger partial charge in [0.25, 0.3) is 0 Å². The van der Waals surface area contributed by atoms with Gasteiger partial charge in [-0.15, -0.1) is 0 Å². The molecule has 1 saturated carbocycles. The van der Waals surface area contributed by atoms with E-state index in [1.807, 2.05) is 13.1 Å². The monoisotopic (exact) mass is 234 g/mol. The molecule has 3 nitrogen and oxygen atoms in total. The molecule has 0 spiro atoms. The fourth-order valence-corrected chi connectivity index (χ4v) is 1.67. The number of aryl methyl sites for hydroxylation is 1. The predicted molar refractivity (Wildman–Crippen MR) is 68.8 cm³/mol. The molecule has 1 aromatic rings. The van der Waals surface area contributed by atoms with E-state index in [4.69, 9.17) is 4.74 Å². The number of nitrogens with one attached hydrogen (secondary N) is 1. The summed E-state index contributed by atoms with van der Waals surface area (Å²) in [5, 5.41) is 3.40. The number of pyridine rings is 1. The van der Waals surface area contributed by atoms with Gasteiger partial charge in [-0.25, -0.2) is 0 Å². The minimum Gasteiger partial charge on any atom is -0.381 e. The standard InChI is InChI=1S/C14H22N2O/c1-12-3-4-14(10-16-12)9-15-7-2-8-17-11-13-5-6-13/h3-4,10,13,15H,2,5-9,11H2,1H3. The Morgan fingerprint density at radius 3 is 3.00 bits per heavy atom. The van der Waals surface area contributed by atoms with E-state index < -0.39 is 0 Å². The van der Waals surface area contributed by atoms with Crippen LogP contribution in [0.2, 0.25) is 0 Å². The first-order valence-electron chi connectivity index (χ1n) is 6.54. The fraction of sp³-hybridized carbons (Fsp3) is 0.643. The quantitative estimate of drug-likeness (QED) is 0.701. The van der Waals surface area contributed by atoms with Crippen molar-refractivity contribution in [2.45, 2.75) is 32.7 Å². The number of nitrogens with zero attached hydrogens (tertiary/aromatic N) is 1. The Bertz CT molecular complexity index is 319. The second-order valence-electron chi connectivity index (χ2n) is 4.86. The number of rotatable bonds is 8. The summed E-state index contributed by atoms with van der Waals surface area (Å²) in [4.78, 5) is 4.27. The average molecular weight is 234 g/mol. The van der Waals surface area contributed by atoms with Crippen molar-refractivity contribution < 1.29 is 4.74 Å². The highest BCUT2D eigenvalue weighted by Gasteiger charge is 2.20. The normalized spacial score (nSPS) is 15.1. The first-order chi connectivity index (χ1) is 8.34. The van der Waals surface area contributed by atoms with E-state index in [0.717, 1.165) is 44.3 Å². The van der Waals surface area contributed by atoms with Gasteiger partial charge in [0, 0.05) is 31.6 Å². The molecule has 0 saturated heterocycles. The molecule has 1 heterocycles. The third-order valence-corrected chi connectivity index (χ3v) is 2.99. The molecule has 0 amide bonds. The van der Waals surface area contributed by atoms with Gasteiger partial charge in [0.15, 0.2) is 0 Å². The smallest absolute Gasteiger partial charge is 0.0494 e. The van der Waals surface area contributed by atoms with Crippen molar-refractivity contribution in [3.05, 3.63) is 29.6 Å². The van der Waals surface area contributed by atoms with Crippen LogP contribution in [0.15, 0.2) is 18.3 Å². The minimum absolute atomic E-state index is 0.876. The van der Waals surface area contributed by atoms with Gasteiger partial charge in [0.1, 0.15) is 0 Å². The Hall–Kier alpha value is -0.930. The molecule has 1 fully saturated rings. The SMILES string of the molecule is Cc1ccc(CNCCCOCC2CC2)cn1. The molecule has 0 aliphatic heterocycles. The Labute approximate surface area is 104 Å². The highest BCUT2D eigenvalue weighted by Crippen LogP contribution is 2.28. The summed E-state index contributed by atoms with van der Waals surface area (Å²) in [5.74, 6) is 0.876. The maximum atomic E-state index is 5.57. The van der Waals surface area contributed by atoms with Crippen LogP contribution in [-0.4, -0.2) is 24.7 Å². The third kappa shape index (κ3) is 5.29. The van der Waals surface area contributed by atoms with Crippen molar-refractivity contribution in [3.63, 3.8) is 0 Å². The van der Waals surface area contributed by atoms with Gasteiger partial charge in [-0.1, -0.05) is 6.07 Å². The molecule has 1 aromatic heterocycles. The molecule has 94 valence electrons. The summed E-state index contributed by atoms with van der Waals surface area (Å²) in [5.41, 5.74) is 2.32. The zero-order valence-electron chi connectivity index (χ0n) is 10.6. The lowest BCUT2D eigenvalue weighted by molar-refractivity contribution is 0.122. The Balaban J connectivity index is 1.46. The van der Waals surface area contributed by atoms with Crippen LogP contribution in [0.1, 0.15) is 30.5 Å². The van der Waals surface area contributed by atoms with Crippen LogP contribution in [0, 0.1) is 12.8 Å². The van der Waals surface area contributed by atoms with E-state index in [9.17, 15) is 0 Å². The van der Waals surface area contributed by atoms with Crippen molar-refractivity contribution in [1.29, 1.82) is 0 Å². The number of hydrogen-bond acceptors (Lipinski definition) is 3. The molecule has 0 bridgehead atoms. The van der Waals surface area contributed by atoms with Gasteiger partial charge in [-0.2, -0.15) is 0 Å². The van der Waals surface area contributed by atoms with Crippen molar-refractivity contribution in [2.24, 2.45) is 5.92 Å². The zero-order chi connectivity index (χ0) is 11.9. The second kappa shape index (κ2) is 6.72. The Morgan fingerprint density at radius 1 is 1.41 bits per heavy atom. The Morgan fingerprint density at radius 2 is 2.29 bits per heavy atom. The van der Waals surface area contributed by atoms with Crippen molar-refractivity contribution in [3.8, 4) is 0 Å². The van der Waals surface area contributed by atoms with Gasteiger partial charge in [0.05, 0.1) is 0 Å². The predicted octanol–water partition coefficient (Wildman–Crippen LogP) is 2.30.